The summed E-state index contributed by atoms with van der Waals surface area (Å²) in [6.45, 7) is 3.07. The first-order valence-electron chi connectivity index (χ1n) is 6.78. The van der Waals surface area contributed by atoms with Crippen LogP contribution in [0.4, 0.5) is 0 Å². The molecule has 6 nitrogen and oxygen atoms in total. The number of benzene rings is 1. The number of carboxylic acids is 1. The van der Waals surface area contributed by atoms with Gasteiger partial charge in [0.25, 0.3) is 0 Å². The molecular formula is C14H16ClNO5. The van der Waals surface area contributed by atoms with E-state index in [0.29, 0.717) is 56.0 Å². The number of ether oxygens (including phenoxy) is 3. The van der Waals surface area contributed by atoms with Gasteiger partial charge < -0.3 is 19.3 Å². The Hall–Kier alpha value is -1.50. The molecule has 2 aliphatic heterocycles. The predicted octanol–water partition coefficient (Wildman–Crippen LogP) is 1.40. The molecule has 0 saturated carbocycles. The maximum absolute atomic E-state index is 11.0. The third-order valence-electron chi connectivity index (χ3n) is 3.49. The quantitative estimate of drug-likeness (QED) is 0.909. The number of carbonyl (C=O) groups is 1. The lowest BCUT2D eigenvalue weighted by atomic mass is 10.1. The summed E-state index contributed by atoms with van der Waals surface area (Å²) in [7, 11) is 0. The van der Waals surface area contributed by atoms with Crippen molar-refractivity contribution in [2.75, 3.05) is 32.9 Å². The van der Waals surface area contributed by atoms with Crippen molar-refractivity contribution in [3.05, 3.63) is 22.7 Å². The summed E-state index contributed by atoms with van der Waals surface area (Å²) in [5, 5.41) is 9.53. The third kappa shape index (κ3) is 3.23. The molecule has 0 aromatic heterocycles. The second-order valence-corrected chi connectivity index (χ2v) is 5.44. The topological polar surface area (TPSA) is 68.2 Å². The minimum atomic E-state index is -0.931. The Balaban J connectivity index is 1.73. The molecule has 1 aromatic carbocycles. The van der Waals surface area contributed by atoms with E-state index in [1.165, 1.54) is 0 Å². The number of carboxylic acid groups (broad SMARTS) is 1. The summed E-state index contributed by atoms with van der Waals surface area (Å²) in [4.78, 5) is 13.0. The molecule has 1 unspecified atom stereocenters. The minimum absolute atomic E-state index is 0.362. The fourth-order valence-electron chi connectivity index (χ4n) is 2.51. The van der Waals surface area contributed by atoms with Crippen LogP contribution < -0.4 is 9.47 Å². The van der Waals surface area contributed by atoms with Gasteiger partial charge in [-0.25, -0.2) is 4.79 Å². The van der Waals surface area contributed by atoms with Crippen molar-refractivity contribution in [3.8, 4) is 11.5 Å². The summed E-state index contributed by atoms with van der Waals surface area (Å²) >= 11 is 6.20. The van der Waals surface area contributed by atoms with E-state index < -0.39 is 12.1 Å². The normalized spacial score (nSPS) is 22.0. The zero-order valence-corrected chi connectivity index (χ0v) is 12.1. The average molecular weight is 314 g/mol. The second-order valence-electron chi connectivity index (χ2n) is 5.03. The van der Waals surface area contributed by atoms with Crippen LogP contribution in [0.25, 0.3) is 0 Å². The molecule has 1 saturated heterocycles. The average Bonchev–Trinajstić information content (AvgIpc) is 2.47. The number of aliphatic carboxylic acids is 1. The van der Waals surface area contributed by atoms with E-state index in [1.54, 1.807) is 0 Å². The van der Waals surface area contributed by atoms with Gasteiger partial charge in [-0.1, -0.05) is 11.6 Å². The summed E-state index contributed by atoms with van der Waals surface area (Å²) < 4.78 is 16.2. The van der Waals surface area contributed by atoms with E-state index in [0.717, 1.165) is 5.56 Å². The zero-order chi connectivity index (χ0) is 14.8. The van der Waals surface area contributed by atoms with Crippen LogP contribution >= 0.6 is 11.6 Å². The molecule has 1 atom stereocenters. The van der Waals surface area contributed by atoms with E-state index in [1.807, 2.05) is 17.0 Å². The number of rotatable bonds is 3. The van der Waals surface area contributed by atoms with Crippen molar-refractivity contribution >= 4 is 17.6 Å². The van der Waals surface area contributed by atoms with E-state index in [9.17, 15) is 4.79 Å². The van der Waals surface area contributed by atoms with Gasteiger partial charge in [0.15, 0.2) is 17.6 Å². The largest absolute Gasteiger partial charge is 0.486 e. The fraction of sp³-hybridized carbons (Fsp3) is 0.500. The van der Waals surface area contributed by atoms with Crippen LogP contribution in [0.15, 0.2) is 12.1 Å². The number of morpholine rings is 1. The first-order chi connectivity index (χ1) is 10.1. The van der Waals surface area contributed by atoms with Crippen molar-refractivity contribution in [2.45, 2.75) is 12.6 Å². The van der Waals surface area contributed by atoms with Crippen molar-refractivity contribution < 1.29 is 24.1 Å². The Bertz CT molecular complexity index is 550. The third-order valence-corrected chi connectivity index (χ3v) is 3.77. The first-order valence-corrected chi connectivity index (χ1v) is 7.16. The maximum atomic E-state index is 11.0. The summed E-state index contributed by atoms with van der Waals surface area (Å²) in [6.07, 6.45) is -0.772. The number of halogens is 1. The van der Waals surface area contributed by atoms with Gasteiger partial charge in [-0.15, -0.1) is 0 Å². The molecule has 2 heterocycles. The highest BCUT2D eigenvalue weighted by molar-refractivity contribution is 6.32. The highest BCUT2D eigenvalue weighted by Crippen LogP contribution is 2.38. The van der Waals surface area contributed by atoms with Crippen LogP contribution in [0, 0.1) is 0 Å². The summed E-state index contributed by atoms with van der Waals surface area (Å²) in [5.41, 5.74) is 0.968. The van der Waals surface area contributed by atoms with Gasteiger partial charge in [0.1, 0.15) is 13.2 Å². The fourth-order valence-corrected chi connectivity index (χ4v) is 2.80. The van der Waals surface area contributed by atoms with Gasteiger partial charge >= 0.3 is 5.97 Å². The first kappa shape index (κ1) is 14.4. The molecule has 7 heteroatoms. The molecule has 0 spiro atoms. The predicted molar refractivity (Wildman–Crippen MR) is 75.1 cm³/mol. The standard InChI is InChI=1S/C14H16ClNO5/c15-10-5-9(6-11-13(10)21-4-3-20-11)7-16-1-2-19-12(8-16)14(17)18/h5-6,12H,1-4,7-8H2,(H,17,18). The zero-order valence-electron chi connectivity index (χ0n) is 11.4. The number of hydrogen-bond acceptors (Lipinski definition) is 5. The number of fused-ring (bicyclic) bond motifs is 1. The summed E-state index contributed by atoms with van der Waals surface area (Å²) in [6, 6.07) is 3.73. The molecule has 1 fully saturated rings. The van der Waals surface area contributed by atoms with Crippen molar-refractivity contribution in [1.29, 1.82) is 0 Å². The smallest absolute Gasteiger partial charge is 0.334 e. The molecule has 3 rings (SSSR count). The van der Waals surface area contributed by atoms with Crippen LogP contribution in [0.1, 0.15) is 5.56 Å². The SMILES string of the molecule is O=C(O)C1CN(Cc2cc(Cl)c3c(c2)OCCO3)CCO1. The molecule has 0 amide bonds. The highest BCUT2D eigenvalue weighted by Gasteiger charge is 2.26. The van der Waals surface area contributed by atoms with Crippen molar-refractivity contribution in [3.63, 3.8) is 0 Å². The van der Waals surface area contributed by atoms with Crippen LogP contribution in [-0.2, 0) is 16.1 Å². The maximum Gasteiger partial charge on any atom is 0.334 e. The van der Waals surface area contributed by atoms with Gasteiger partial charge in [0.2, 0.25) is 0 Å². The monoisotopic (exact) mass is 313 g/mol. The van der Waals surface area contributed by atoms with E-state index in [-0.39, 0.29) is 0 Å². The van der Waals surface area contributed by atoms with Crippen LogP contribution in [-0.4, -0.2) is 55.0 Å². The van der Waals surface area contributed by atoms with Gasteiger partial charge in [0, 0.05) is 19.6 Å². The lowest BCUT2D eigenvalue weighted by molar-refractivity contribution is -0.156. The Morgan fingerprint density at radius 3 is 2.95 bits per heavy atom. The lowest BCUT2D eigenvalue weighted by Crippen LogP contribution is -2.45. The van der Waals surface area contributed by atoms with Gasteiger partial charge in [-0.05, 0) is 17.7 Å². The Morgan fingerprint density at radius 1 is 1.33 bits per heavy atom. The van der Waals surface area contributed by atoms with Crippen molar-refractivity contribution in [2.24, 2.45) is 0 Å². The Labute approximate surface area is 127 Å². The molecule has 0 aliphatic carbocycles. The van der Waals surface area contributed by atoms with Gasteiger partial charge in [-0.2, -0.15) is 0 Å². The minimum Gasteiger partial charge on any atom is -0.486 e. The lowest BCUT2D eigenvalue weighted by Gasteiger charge is -2.31. The molecule has 0 radical (unpaired) electrons. The van der Waals surface area contributed by atoms with Gasteiger partial charge in [-0.3, -0.25) is 4.90 Å². The Kier molecular flexibility index (Phi) is 4.19. The number of nitrogens with zero attached hydrogens (tertiary/aromatic N) is 1. The van der Waals surface area contributed by atoms with Gasteiger partial charge in [0.05, 0.1) is 11.6 Å². The molecule has 1 N–H and O–H groups in total. The molecule has 21 heavy (non-hydrogen) atoms. The number of hydrogen-bond donors (Lipinski definition) is 1. The molecule has 0 bridgehead atoms. The second kappa shape index (κ2) is 6.09. The highest BCUT2D eigenvalue weighted by atomic mass is 35.5. The van der Waals surface area contributed by atoms with E-state index in [4.69, 9.17) is 30.9 Å². The van der Waals surface area contributed by atoms with Crippen LogP contribution in [0.3, 0.4) is 0 Å². The van der Waals surface area contributed by atoms with Crippen LogP contribution in [0.5, 0.6) is 11.5 Å². The molecule has 114 valence electrons. The van der Waals surface area contributed by atoms with Crippen LogP contribution in [0.2, 0.25) is 5.02 Å². The molecule has 2 aliphatic rings. The van der Waals surface area contributed by atoms with E-state index >= 15 is 0 Å². The Morgan fingerprint density at radius 2 is 2.14 bits per heavy atom. The van der Waals surface area contributed by atoms with E-state index in [2.05, 4.69) is 0 Å². The summed E-state index contributed by atoms with van der Waals surface area (Å²) in [5.74, 6) is 0.295. The molecular weight excluding hydrogens is 298 g/mol. The van der Waals surface area contributed by atoms with Crippen molar-refractivity contribution in [1.82, 2.24) is 4.90 Å². The molecule has 1 aromatic rings.